The molecule has 2 aromatic heterocycles. The Bertz CT molecular complexity index is 1410. The van der Waals surface area contributed by atoms with Crippen molar-refractivity contribution in [2.75, 3.05) is 46.2 Å². The number of rotatable bonds is 10. The maximum Gasteiger partial charge on any atom is 0.406 e. The van der Waals surface area contributed by atoms with Crippen LogP contribution in [0.2, 0.25) is 0 Å². The second kappa shape index (κ2) is 14.0. The summed E-state index contributed by atoms with van der Waals surface area (Å²) in [6.07, 6.45) is -3.30. The van der Waals surface area contributed by atoms with Crippen LogP contribution in [-0.4, -0.2) is 84.0 Å². The number of nitrogens with zero attached hydrogens (tertiary/aromatic N) is 4. The van der Waals surface area contributed by atoms with Gasteiger partial charge in [0.05, 0.1) is 42.4 Å². The van der Waals surface area contributed by atoms with Gasteiger partial charge in [-0.05, 0) is 82.6 Å². The average Bonchev–Trinajstić information content (AvgIpc) is 3.25. The van der Waals surface area contributed by atoms with Gasteiger partial charge in [-0.3, -0.25) is 14.2 Å². The van der Waals surface area contributed by atoms with Crippen molar-refractivity contribution in [2.45, 2.75) is 62.7 Å². The van der Waals surface area contributed by atoms with Gasteiger partial charge in [0.2, 0.25) is 0 Å². The fourth-order valence-electron chi connectivity index (χ4n) is 4.98. The van der Waals surface area contributed by atoms with Crippen LogP contribution in [0.25, 0.3) is 10.9 Å². The van der Waals surface area contributed by atoms with E-state index in [4.69, 9.17) is 4.74 Å². The van der Waals surface area contributed by atoms with Gasteiger partial charge in [0, 0.05) is 42.0 Å². The van der Waals surface area contributed by atoms with Crippen LogP contribution in [-0.2, 0) is 13.1 Å². The molecule has 3 heterocycles. The number of likely N-dealkylation sites (tertiary alicyclic amines) is 1. The zero-order valence-corrected chi connectivity index (χ0v) is 25.4. The van der Waals surface area contributed by atoms with E-state index in [0.717, 1.165) is 21.7 Å². The summed E-state index contributed by atoms with van der Waals surface area (Å²) in [5, 5.41) is 7.03. The van der Waals surface area contributed by atoms with Gasteiger partial charge in [0.25, 0.3) is 0 Å². The molecule has 4 rings (SSSR count). The van der Waals surface area contributed by atoms with Crippen LogP contribution in [0.15, 0.2) is 41.4 Å². The molecule has 0 aliphatic carbocycles. The predicted molar refractivity (Wildman–Crippen MR) is 161 cm³/mol. The first-order chi connectivity index (χ1) is 19.9. The highest BCUT2D eigenvalue weighted by Gasteiger charge is 2.31. The smallest absolute Gasteiger partial charge is 0.406 e. The van der Waals surface area contributed by atoms with Gasteiger partial charge in [0.15, 0.2) is 0 Å². The molecule has 2 unspecified atom stereocenters. The summed E-state index contributed by atoms with van der Waals surface area (Å²) in [5.41, 5.74) is 1.95. The highest BCUT2D eigenvalue weighted by atomic mass is 32.2. The van der Waals surface area contributed by atoms with Gasteiger partial charge in [-0.25, -0.2) is 4.39 Å². The number of piperidine rings is 1. The second-order valence-electron chi connectivity index (χ2n) is 10.8. The highest BCUT2D eigenvalue weighted by molar-refractivity contribution is 7.97. The highest BCUT2D eigenvalue weighted by Crippen LogP contribution is 2.31. The normalized spacial score (nSPS) is 18.0. The lowest BCUT2D eigenvalue weighted by atomic mass is 10.0. The fraction of sp³-hybridized carbons (Fsp3) is 0.500. The van der Waals surface area contributed by atoms with Crippen molar-refractivity contribution < 1.29 is 22.3 Å². The lowest BCUT2D eigenvalue weighted by molar-refractivity contribution is -0.140. The summed E-state index contributed by atoms with van der Waals surface area (Å²) in [6.45, 7) is 4.66. The van der Waals surface area contributed by atoms with Crippen molar-refractivity contribution in [3.8, 4) is 17.6 Å². The van der Waals surface area contributed by atoms with Crippen LogP contribution in [0.3, 0.4) is 0 Å². The van der Waals surface area contributed by atoms with Crippen LogP contribution in [0.4, 0.5) is 23.2 Å². The molecule has 12 heteroatoms. The topological polar surface area (TPSA) is 57.6 Å². The van der Waals surface area contributed by atoms with E-state index < -0.39 is 18.9 Å². The van der Waals surface area contributed by atoms with E-state index >= 15 is 0 Å². The zero-order valence-electron chi connectivity index (χ0n) is 24.6. The van der Waals surface area contributed by atoms with Crippen LogP contribution >= 0.6 is 11.9 Å². The first-order valence-corrected chi connectivity index (χ1v) is 14.6. The molecule has 1 aliphatic rings. The van der Waals surface area contributed by atoms with E-state index in [-0.39, 0.29) is 18.3 Å². The van der Waals surface area contributed by atoms with E-state index in [0.29, 0.717) is 47.9 Å². The number of fused-ring (bicyclic) bond motifs is 1. The molecule has 228 valence electrons. The number of nitrogens with one attached hydrogen (secondary N) is 2. The van der Waals surface area contributed by atoms with Gasteiger partial charge in [-0.2, -0.15) is 13.2 Å². The van der Waals surface area contributed by atoms with Crippen molar-refractivity contribution in [1.82, 2.24) is 24.1 Å². The summed E-state index contributed by atoms with van der Waals surface area (Å²) >= 11 is 1.56. The molecule has 0 radical (unpaired) electrons. The Hall–Kier alpha value is -2.98. The number of pyridine rings is 1. The second-order valence-corrected chi connectivity index (χ2v) is 12.2. The van der Waals surface area contributed by atoms with Crippen molar-refractivity contribution >= 4 is 28.5 Å². The molecule has 1 fully saturated rings. The Kier molecular flexibility index (Phi) is 10.6. The molecule has 2 atom stereocenters. The minimum Gasteiger partial charge on any atom is -0.495 e. The van der Waals surface area contributed by atoms with Crippen LogP contribution in [0, 0.1) is 11.8 Å². The summed E-state index contributed by atoms with van der Waals surface area (Å²) in [5.74, 6) is 6.48. The van der Waals surface area contributed by atoms with Crippen LogP contribution < -0.4 is 15.4 Å². The van der Waals surface area contributed by atoms with E-state index in [1.165, 1.54) is 6.20 Å². The van der Waals surface area contributed by atoms with E-state index in [1.807, 2.05) is 36.6 Å². The minimum absolute atomic E-state index is 0.206. The number of ether oxygens (including phenoxy) is 1. The summed E-state index contributed by atoms with van der Waals surface area (Å²) in [6, 6.07) is 9.13. The Balaban J connectivity index is 1.47. The minimum atomic E-state index is -4.43. The number of benzene rings is 1. The number of hydrogen-bond acceptors (Lipinski definition) is 7. The Labute approximate surface area is 249 Å². The summed E-state index contributed by atoms with van der Waals surface area (Å²) in [7, 11) is 5.47. The molecule has 1 aliphatic heterocycles. The van der Waals surface area contributed by atoms with Crippen LogP contribution in [0.1, 0.15) is 31.7 Å². The largest absolute Gasteiger partial charge is 0.495 e. The molecular weight excluding hydrogens is 568 g/mol. The van der Waals surface area contributed by atoms with Gasteiger partial charge in [-0.1, -0.05) is 5.92 Å². The van der Waals surface area contributed by atoms with E-state index in [2.05, 4.69) is 46.2 Å². The first-order valence-electron chi connectivity index (χ1n) is 13.9. The molecule has 2 N–H and O–H groups in total. The fourth-order valence-corrected chi connectivity index (χ4v) is 5.69. The SMILES string of the molecule is COc1cc(SN(C)C)ccc1NCC#Cc1cc2cc(CNC3CCN(C(C)C)CC3F)ncc2n1CC(F)(F)F. The Morgan fingerprint density at radius 2 is 2.00 bits per heavy atom. The molecule has 0 amide bonds. The third-order valence-corrected chi connectivity index (χ3v) is 7.90. The van der Waals surface area contributed by atoms with E-state index in [1.54, 1.807) is 31.2 Å². The summed E-state index contributed by atoms with van der Waals surface area (Å²) < 4.78 is 63.8. The maximum atomic E-state index is 14.7. The molecule has 0 saturated carbocycles. The maximum absolute atomic E-state index is 14.7. The molecule has 42 heavy (non-hydrogen) atoms. The third kappa shape index (κ3) is 8.53. The average molecular weight is 607 g/mol. The zero-order chi connectivity index (χ0) is 30.4. The monoisotopic (exact) mass is 606 g/mol. The van der Waals surface area contributed by atoms with Crippen molar-refractivity contribution in [3.63, 3.8) is 0 Å². The van der Waals surface area contributed by atoms with Gasteiger partial charge in [-0.15, -0.1) is 0 Å². The quantitative estimate of drug-likeness (QED) is 0.178. The number of anilines is 1. The number of methoxy groups -OCH3 is 1. The lowest BCUT2D eigenvalue weighted by Crippen LogP contribution is -2.52. The van der Waals surface area contributed by atoms with Gasteiger partial charge in [0.1, 0.15) is 18.5 Å². The molecular formula is C30H38F4N6OS. The Morgan fingerprint density at radius 3 is 2.67 bits per heavy atom. The van der Waals surface area contributed by atoms with Gasteiger partial charge < -0.3 is 19.9 Å². The van der Waals surface area contributed by atoms with Crippen LogP contribution in [0.5, 0.6) is 5.75 Å². The molecule has 1 aromatic carbocycles. The number of aromatic nitrogens is 2. The Morgan fingerprint density at radius 1 is 1.21 bits per heavy atom. The summed E-state index contributed by atoms with van der Waals surface area (Å²) in [4.78, 5) is 7.51. The number of halogens is 4. The predicted octanol–water partition coefficient (Wildman–Crippen LogP) is 5.55. The van der Waals surface area contributed by atoms with Crippen molar-refractivity contribution in [2.24, 2.45) is 0 Å². The molecule has 1 saturated heterocycles. The standard InChI is InChI=1S/C30H38F4N6OS/c1-20(2)39-12-10-26(25(31)18-39)37-16-22-13-21-14-23(40(19-30(32,33)34)28(21)17-36-22)7-6-11-35-27-9-8-24(42-38(3)4)15-29(27)41-5/h8-9,13-15,17,20,25-26,35,37H,10-12,16,18-19H2,1-5H3. The first kappa shape index (κ1) is 31.9. The molecule has 0 bridgehead atoms. The van der Waals surface area contributed by atoms with E-state index in [9.17, 15) is 17.6 Å². The number of alkyl halides is 4. The van der Waals surface area contributed by atoms with Gasteiger partial charge >= 0.3 is 6.18 Å². The molecule has 7 nitrogen and oxygen atoms in total. The third-order valence-electron chi connectivity index (χ3n) is 7.07. The molecule has 0 spiro atoms. The number of hydrogen-bond donors (Lipinski definition) is 2. The molecule has 3 aromatic rings. The van der Waals surface area contributed by atoms with Crippen molar-refractivity contribution in [1.29, 1.82) is 0 Å². The lowest BCUT2D eigenvalue weighted by Gasteiger charge is -2.37. The van der Waals surface area contributed by atoms with Crippen molar-refractivity contribution in [3.05, 3.63) is 47.9 Å².